The van der Waals surface area contributed by atoms with Crippen LogP contribution in [0.15, 0.2) is 114 Å². The molecule has 1 heterocycles. The molecule has 0 fully saturated rings. The smallest absolute Gasteiger partial charge is 0.269 e. The fraction of sp³-hybridized carbons (Fsp3) is 0.0714. The Morgan fingerprint density at radius 3 is 2.11 bits per heavy atom. The van der Waals surface area contributed by atoms with E-state index in [1.54, 1.807) is 7.07 Å². The van der Waals surface area contributed by atoms with Gasteiger partial charge in [0.25, 0.3) is 11.5 Å². The average Bonchev–Trinajstić information content (AvgIpc) is 3.24. The summed E-state index contributed by atoms with van der Waals surface area (Å²) in [6.45, 7) is 0. The first-order valence-electron chi connectivity index (χ1n) is 11.1. The highest BCUT2D eigenvalue weighted by Gasteiger charge is 2.29. The molecular formula is C28H21IN2O3S. The van der Waals surface area contributed by atoms with Crippen molar-refractivity contribution in [1.29, 1.82) is 0 Å². The molecule has 7 heteroatoms. The van der Waals surface area contributed by atoms with Crippen molar-refractivity contribution in [3.8, 4) is 11.5 Å². The molecule has 5 rings (SSSR count). The fourth-order valence-corrected chi connectivity index (χ4v) is 5.55. The van der Waals surface area contributed by atoms with E-state index in [1.807, 2.05) is 132 Å². The van der Waals surface area contributed by atoms with E-state index in [9.17, 15) is 9.59 Å². The second kappa shape index (κ2) is 10.5. The zero-order valence-electron chi connectivity index (χ0n) is 18.6. The number of benzene rings is 4. The van der Waals surface area contributed by atoms with Gasteiger partial charge in [0.1, 0.15) is 17.5 Å². The van der Waals surface area contributed by atoms with Crippen molar-refractivity contribution in [1.82, 2.24) is 3.96 Å². The summed E-state index contributed by atoms with van der Waals surface area (Å²) in [5, 5.41) is 0.630. The van der Waals surface area contributed by atoms with Gasteiger partial charge < -0.3 is 4.74 Å². The summed E-state index contributed by atoms with van der Waals surface area (Å²) in [7, 11) is 0. The Morgan fingerprint density at radius 1 is 0.829 bits per heavy atom. The van der Waals surface area contributed by atoms with E-state index in [0.717, 1.165) is 16.0 Å². The lowest BCUT2D eigenvalue weighted by molar-refractivity contribution is -0.120. The second-order valence-corrected chi connectivity index (χ2v) is 9.93. The van der Waals surface area contributed by atoms with Gasteiger partial charge in [-0.15, -0.1) is 0 Å². The summed E-state index contributed by atoms with van der Waals surface area (Å²) in [5.74, 6) is 1.26. The molecule has 0 spiro atoms. The molecule has 1 aromatic heterocycles. The number of hydrogen-bond donors (Lipinski definition) is 0. The lowest BCUT2D eigenvalue weighted by Crippen LogP contribution is -2.35. The van der Waals surface area contributed by atoms with Gasteiger partial charge >= 0.3 is 0 Å². The quantitative estimate of drug-likeness (QED) is 0.151. The predicted molar refractivity (Wildman–Crippen MR) is 150 cm³/mol. The number of nitrogens with zero attached hydrogens (tertiary/aromatic N) is 2. The molecule has 1 unspecified atom stereocenters. The van der Waals surface area contributed by atoms with Crippen LogP contribution in [0.5, 0.6) is 11.5 Å². The summed E-state index contributed by atoms with van der Waals surface area (Å²) in [5.41, 5.74) is 1.56. The minimum atomic E-state index is -0.667. The molecule has 174 valence electrons. The molecule has 0 aliphatic heterocycles. The first kappa shape index (κ1) is 23.3. The van der Waals surface area contributed by atoms with Crippen LogP contribution in [0.4, 0.5) is 5.69 Å². The first-order valence-corrected chi connectivity index (χ1v) is 12.8. The first-order chi connectivity index (χ1) is 17.1. The van der Waals surface area contributed by atoms with Crippen LogP contribution in [-0.2, 0) is 11.2 Å². The van der Waals surface area contributed by atoms with Crippen LogP contribution in [0.1, 0.15) is 11.6 Å². The molecule has 0 saturated carbocycles. The highest BCUT2D eigenvalue weighted by atomic mass is 127. The van der Waals surface area contributed by atoms with Crippen molar-refractivity contribution < 1.29 is 9.53 Å². The number of anilines is 1. The van der Waals surface area contributed by atoms with Crippen LogP contribution in [0.2, 0.25) is 0 Å². The van der Waals surface area contributed by atoms with Gasteiger partial charge in [-0.1, -0.05) is 72.2 Å². The van der Waals surface area contributed by atoms with E-state index in [-0.39, 0.29) is 11.5 Å². The summed E-state index contributed by atoms with van der Waals surface area (Å²) in [6.07, 6.45) is 0.418. The van der Waals surface area contributed by atoms with Crippen LogP contribution in [0.25, 0.3) is 10.1 Å². The van der Waals surface area contributed by atoms with Crippen LogP contribution in [-0.4, -0.2) is 9.86 Å². The van der Waals surface area contributed by atoms with Gasteiger partial charge in [0.2, 0.25) is 0 Å². The van der Waals surface area contributed by atoms with Crippen LogP contribution < -0.4 is 13.4 Å². The Balaban J connectivity index is 1.44. The van der Waals surface area contributed by atoms with Gasteiger partial charge in [-0.3, -0.25) is 16.7 Å². The summed E-state index contributed by atoms with van der Waals surface area (Å²) >= 11 is 3.35. The summed E-state index contributed by atoms with van der Waals surface area (Å²) < 4.78 is 9.92. The molecule has 1 atom stereocenters. The van der Waals surface area contributed by atoms with E-state index < -0.39 is 6.04 Å². The van der Waals surface area contributed by atoms with Gasteiger partial charge in [0, 0.05) is 6.42 Å². The number of rotatable bonds is 7. The Bertz CT molecular complexity index is 1500. The van der Waals surface area contributed by atoms with Gasteiger partial charge in [0.15, 0.2) is 0 Å². The van der Waals surface area contributed by atoms with Gasteiger partial charge in [0.05, 0.1) is 38.6 Å². The van der Waals surface area contributed by atoms with Gasteiger partial charge in [-0.2, -0.15) is 0 Å². The van der Waals surface area contributed by atoms with Crippen molar-refractivity contribution in [2.24, 2.45) is 0 Å². The summed E-state index contributed by atoms with van der Waals surface area (Å²) in [6, 6.07) is 33.5. The molecule has 4 aromatic carbocycles. The molecule has 5 nitrogen and oxygen atoms in total. The Morgan fingerprint density at radius 2 is 1.43 bits per heavy atom. The zero-order chi connectivity index (χ0) is 24.2. The lowest BCUT2D eigenvalue weighted by atomic mass is 10.1. The maximum Gasteiger partial charge on any atom is 0.269 e. The monoisotopic (exact) mass is 592 g/mol. The highest BCUT2D eigenvalue weighted by Crippen LogP contribution is 2.30. The number of amides is 1. The normalized spacial score (nSPS) is 11.8. The number of fused-ring (bicyclic) bond motifs is 1. The predicted octanol–water partition coefficient (Wildman–Crippen LogP) is 7.02. The minimum absolute atomic E-state index is 0.142. The zero-order valence-corrected chi connectivity index (χ0v) is 21.6. The van der Waals surface area contributed by atoms with Gasteiger partial charge in [-0.25, -0.2) is 0 Å². The highest BCUT2D eigenvalue weighted by molar-refractivity contribution is 14.1. The summed E-state index contributed by atoms with van der Waals surface area (Å²) in [4.78, 5) is 27.0. The van der Waals surface area contributed by atoms with Crippen molar-refractivity contribution in [3.63, 3.8) is 0 Å². The van der Waals surface area contributed by atoms with Crippen molar-refractivity contribution in [3.05, 3.63) is 125 Å². The fourth-order valence-electron chi connectivity index (χ4n) is 3.83. The standard InChI is InChI=1S/C28H21IN2O3S/c29-30(21-15-17-23(18-16-21)34-22-11-5-2-6-12-22)28(33)25(19-20-9-3-1-4-10-20)31-27(32)24-13-7-8-14-26(24)35-31/h1-18,25H,19H2. The van der Waals surface area contributed by atoms with E-state index >= 15 is 0 Å². The molecule has 0 radical (unpaired) electrons. The number of aromatic nitrogens is 1. The Kier molecular flexibility index (Phi) is 6.96. The molecule has 5 aromatic rings. The molecule has 35 heavy (non-hydrogen) atoms. The third-order valence-electron chi connectivity index (χ3n) is 5.59. The van der Waals surface area contributed by atoms with Crippen LogP contribution in [0, 0.1) is 0 Å². The van der Waals surface area contributed by atoms with Crippen LogP contribution >= 0.6 is 34.4 Å². The van der Waals surface area contributed by atoms with Crippen molar-refractivity contribution >= 4 is 56.1 Å². The lowest BCUT2D eigenvalue weighted by Gasteiger charge is -2.22. The third-order valence-corrected chi connectivity index (χ3v) is 7.79. The van der Waals surface area contributed by atoms with E-state index in [1.165, 1.54) is 11.5 Å². The van der Waals surface area contributed by atoms with Gasteiger partial charge in [-0.05, 0) is 54.1 Å². The maximum absolute atomic E-state index is 13.8. The number of para-hydroxylation sites is 1. The van der Waals surface area contributed by atoms with Crippen LogP contribution in [0.3, 0.4) is 0 Å². The maximum atomic E-state index is 13.8. The van der Waals surface area contributed by atoms with Crippen molar-refractivity contribution in [2.45, 2.75) is 12.5 Å². The minimum Gasteiger partial charge on any atom is -0.457 e. The third kappa shape index (κ3) is 5.16. The molecular weight excluding hydrogens is 571 g/mol. The number of ether oxygens (including phenoxy) is 1. The molecule has 0 saturated heterocycles. The number of halogens is 1. The SMILES string of the molecule is O=C(C(Cc1ccccc1)n1sc2ccccc2c1=O)N(I)c1ccc(Oc2ccccc2)cc1. The largest absolute Gasteiger partial charge is 0.457 e. The topological polar surface area (TPSA) is 51.5 Å². The molecule has 0 bridgehead atoms. The van der Waals surface area contributed by atoms with E-state index in [2.05, 4.69) is 0 Å². The second-order valence-electron chi connectivity index (χ2n) is 7.95. The average molecular weight is 592 g/mol. The number of carbonyl (C=O) groups excluding carboxylic acids is 1. The Hall–Kier alpha value is -3.43. The van der Waals surface area contributed by atoms with Crippen molar-refractivity contribution in [2.75, 3.05) is 3.11 Å². The Labute approximate surface area is 220 Å². The number of hydrogen-bond acceptors (Lipinski definition) is 4. The van der Waals surface area contributed by atoms with E-state index in [0.29, 0.717) is 23.2 Å². The molecule has 0 aliphatic carbocycles. The number of carbonyl (C=O) groups is 1. The van der Waals surface area contributed by atoms with E-state index in [4.69, 9.17) is 4.74 Å². The molecule has 0 aliphatic rings. The molecule has 1 amide bonds. The molecule has 0 N–H and O–H groups in total.